The van der Waals surface area contributed by atoms with Gasteiger partial charge in [0, 0.05) is 0 Å². The predicted octanol–water partition coefficient (Wildman–Crippen LogP) is 2.07. The highest BCUT2D eigenvalue weighted by Crippen LogP contribution is 2.25. The second-order valence-electron chi connectivity index (χ2n) is 3.38. The molecule has 1 aliphatic rings. The lowest BCUT2D eigenvalue weighted by molar-refractivity contribution is 0.116. The highest BCUT2D eigenvalue weighted by atomic mass is 16.5. The second kappa shape index (κ2) is 2.70. The van der Waals surface area contributed by atoms with Gasteiger partial charge >= 0.3 is 0 Å². The van der Waals surface area contributed by atoms with E-state index in [1.54, 1.807) is 0 Å². The van der Waals surface area contributed by atoms with Crippen LogP contribution in [0.4, 0.5) is 0 Å². The van der Waals surface area contributed by atoms with Gasteiger partial charge in [0.1, 0.15) is 0 Å². The molecule has 0 saturated carbocycles. The third kappa shape index (κ3) is 1.68. The molecule has 1 fully saturated rings. The Morgan fingerprint density at radius 2 is 2.11 bits per heavy atom. The van der Waals surface area contributed by atoms with Crippen molar-refractivity contribution in [3.8, 4) is 0 Å². The Balaban J connectivity index is 2.30. The van der Waals surface area contributed by atoms with E-state index >= 15 is 0 Å². The van der Waals surface area contributed by atoms with Crippen molar-refractivity contribution in [1.82, 2.24) is 0 Å². The summed E-state index contributed by atoms with van der Waals surface area (Å²) < 4.78 is 5.43. The van der Waals surface area contributed by atoms with Crippen LogP contribution in [0, 0.1) is 11.8 Å². The molecule has 0 aromatic carbocycles. The van der Waals surface area contributed by atoms with Gasteiger partial charge in [-0.25, -0.2) is 0 Å². The monoisotopic (exact) mass is 128 g/mol. The molecule has 1 aliphatic heterocycles. The molecule has 0 spiro atoms. The van der Waals surface area contributed by atoms with Crippen LogP contribution in [0.2, 0.25) is 0 Å². The standard InChI is InChI=1S/C8H16O/c1-6(2)8-4-7(3)9-5-8/h6-8H,4-5H2,1-3H3/t7?,8-/m1/s1. The summed E-state index contributed by atoms with van der Waals surface area (Å²) in [6, 6.07) is 0. The third-order valence-corrected chi connectivity index (χ3v) is 2.17. The van der Waals surface area contributed by atoms with Gasteiger partial charge in [-0.1, -0.05) is 13.8 Å². The summed E-state index contributed by atoms with van der Waals surface area (Å²) in [5.41, 5.74) is 0. The topological polar surface area (TPSA) is 9.23 Å². The normalized spacial score (nSPS) is 36.0. The van der Waals surface area contributed by atoms with Gasteiger partial charge in [-0.2, -0.15) is 0 Å². The Morgan fingerprint density at radius 1 is 1.44 bits per heavy atom. The molecular weight excluding hydrogens is 112 g/mol. The molecule has 1 saturated heterocycles. The minimum absolute atomic E-state index is 0.511. The lowest BCUT2D eigenvalue weighted by Crippen LogP contribution is -2.07. The van der Waals surface area contributed by atoms with E-state index in [0.29, 0.717) is 6.10 Å². The van der Waals surface area contributed by atoms with Crippen LogP contribution in [0.25, 0.3) is 0 Å². The molecule has 2 atom stereocenters. The zero-order valence-electron chi connectivity index (χ0n) is 6.55. The molecule has 0 amide bonds. The smallest absolute Gasteiger partial charge is 0.0550 e. The SMILES string of the molecule is CC1C[C@@H](C(C)C)CO1. The van der Waals surface area contributed by atoms with E-state index in [0.717, 1.165) is 18.4 Å². The largest absolute Gasteiger partial charge is 0.378 e. The van der Waals surface area contributed by atoms with Crippen molar-refractivity contribution >= 4 is 0 Å². The summed E-state index contributed by atoms with van der Waals surface area (Å²) in [5, 5.41) is 0. The average Bonchev–Trinajstić information content (AvgIpc) is 2.14. The van der Waals surface area contributed by atoms with Crippen LogP contribution in [0.5, 0.6) is 0 Å². The minimum atomic E-state index is 0.511. The third-order valence-electron chi connectivity index (χ3n) is 2.17. The molecule has 1 rings (SSSR count). The quantitative estimate of drug-likeness (QED) is 0.525. The van der Waals surface area contributed by atoms with Gasteiger partial charge in [-0.3, -0.25) is 0 Å². The lowest BCUT2D eigenvalue weighted by atomic mass is 9.94. The summed E-state index contributed by atoms with van der Waals surface area (Å²) in [6.45, 7) is 7.68. The fourth-order valence-electron chi connectivity index (χ4n) is 1.31. The molecule has 9 heavy (non-hydrogen) atoms. The first-order valence-corrected chi connectivity index (χ1v) is 3.81. The number of rotatable bonds is 1. The minimum Gasteiger partial charge on any atom is -0.378 e. The van der Waals surface area contributed by atoms with E-state index in [2.05, 4.69) is 20.8 Å². The Kier molecular flexibility index (Phi) is 2.12. The molecule has 1 nitrogen and oxygen atoms in total. The van der Waals surface area contributed by atoms with Crippen LogP contribution in [-0.2, 0) is 4.74 Å². The zero-order valence-corrected chi connectivity index (χ0v) is 6.55. The molecule has 0 bridgehead atoms. The van der Waals surface area contributed by atoms with Crippen LogP contribution < -0.4 is 0 Å². The Bertz CT molecular complexity index is 88.6. The Morgan fingerprint density at radius 3 is 2.33 bits per heavy atom. The van der Waals surface area contributed by atoms with Gasteiger partial charge in [-0.05, 0) is 25.2 Å². The van der Waals surface area contributed by atoms with Gasteiger partial charge < -0.3 is 4.74 Å². The molecule has 0 N–H and O–H groups in total. The fraction of sp³-hybridized carbons (Fsp3) is 1.00. The first-order valence-electron chi connectivity index (χ1n) is 3.81. The highest BCUT2D eigenvalue weighted by Gasteiger charge is 2.23. The van der Waals surface area contributed by atoms with Crippen molar-refractivity contribution in [2.24, 2.45) is 11.8 Å². The van der Waals surface area contributed by atoms with Crippen molar-refractivity contribution in [2.45, 2.75) is 33.3 Å². The second-order valence-corrected chi connectivity index (χ2v) is 3.38. The van der Waals surface area contributed by atoms with E-state index < -0.39 is 0 Å². The zero-order chi connectivity index (χ0) is 6.85. The van der Waals surface area contributed by atoms with Crippen LogP contribution in [0.3, 0.4) is 0 Å². The summed E-state index contributed by atoms with van der Waals surface area (Å²) in [5.74, 6) is 1.62. The summed E-state index contributed by atoms with van der Waals surface area (Å²) in [6.07, 6.45) is 1.77. The van der Waals surface area contributed by atoms with Gasteiger partial charge in [0.2, 0.25) is 0 Å². The van der Waals surface area contributed by atoms with Crippen molar-refractivity contribution < 1.29 is 4.74 Å². The van der Waals surface area contributed by atoms with Gasteiger partial charge in [0.25, 0.3) is 0 Å². The van der Waals surface area contributed by atoms with E-state index in [4.69, 9.17) is 4.74 Å². The number of ether oxygens (including phenoxy) is 1. The Hall–Kier alpha value is -0.0400. The van der Waals surface area contributed by atoms with Gasteiger partial charge in [-0.15, -0.1) is 0 Å². The average molecular weight is 128 g/mol. The molecule has 0 aromatic heterocycles. The molecular formula is C8H16O. The van der Waals surface area contributed by atoms with Crippen LogP contribution in [0.15, 0.2) is 0 Å². The maximum absolute atomic E-state index is 5.43. The fourth-order valence-corrected chi connectivity index (χ4v) is 1.31. The van der Waals surface area contributed by atoms with E-state index in [-0.39, 0.29) is 0 Å². The van der Waals surface area contributed by atoms with Crippen LogP contribution in [-0.4, -0.2) is 12.7 Å². The molecule has 1 unspecified atom stereocenters. The summed E-state index contributed by atoms with van der Waals surface area (Å²) >= 11 is 0. The van der Waals surface area contributed by atoms with E-state index in [1.807, 2.05) is 0 Å². The van der Waals surface area contributed by atoms with Crippen molar-refractivity contribution in [1.29, 1.82) is 0 Å². The van der Waals surface area contributed by atoms with Gasteiger partial charge in [0.05, 0.1) is 12.7 Å². The lowest BCUT2D eigenvalue weighted by Gasteiger charge is -2.10. The first kappa shape index (κ1) is 7.07. The molecule has 0 aromatic rings. The summed E-state index contributed by atoms with van der Waals surface area (Å²) in [7, 11) is 0. The molecule has 54 valence electrons. The van der Waals surface area contributed by atoms with Crippen molar-refractivity contribution in [2.75, 3.05) is 6.61 Å². The van der Waals surface area contributed by atoms with Crippen molar-refractivity contribution in [3.63, 3.8) is 0 Å². The van der Waals surface area contributed by atoms with E-state index in [1.165, 1.54) is 6.42 Å². The first-order chi connectivity index (χ1) is 4.20. The van der Waals surface area contributed by atoms with Crippen molar-refractivity contribution in [3.05, 3.63) is 0 Å². The van der Waals surface area contributed by atoms with Gasteiger partial charge in [0.15, 0.2) is 0 Å². The Labute approximate surface area is 57.4 Å². The maximum atomic E-state index is 5.43. The maximum Gasteiger partial charge on any atom is 0.0550 e. The molecule has 0 aliphatic carbocycles. The highest BCUT2D eigenvalue weighted by molar-refractivity contribution is 4.72. The van der Waals surface area contributed by atoms with Crippen LogP contribution >= 0.6 is 0 Å². The van der Waals surface area contributed by atoms with E-state index in [9.17, 15) is 0 Å². The predicted molar refractivity (Wildman–Crippen MR) is 38.4 cm³/mol. The molecule has 1 heterocycles. The molecule has 0 radical (unpaired) electrons. The number of hydrogen-bond donors (Lipinski definition) is 0. The molecule has 1 heteroatoms. The summed E-state index contributed by atoms with van der Waals surface area (Å²) in [4.78, 5) is 0. The van der Waals surface area contributed by atoms with Crippen LogP contribution in [0.1, 0.15) is 27.2 Å². The number of hydrogen-bond acceptors (Lipinski definition) is 1.